The predicted octanol–water partition coefficient (Wildman–Crippen LogP) is 2.56. The third-order valence-corrected chi connectivity index (χ3v) is 6.42. The molecule has 3 unspecified atom stereocenters. The zero-order valence-electron chi connectivity index (χ0n) is 18.0. The number of piperidine rings is 1. The molecule has 2 aliphatic heterocycles. The van der Waals surface area contributed by atoms with Gasteiger partial charge >= 0.3 is 0 Å². The summed E-state index contributed by atoms with van der Waals surface area (Å²) in [6, 6.07) is 5.48. The van der Waals surface area contributed by atoms with E-state index in [1.54, 1.807) is 26.4 Å². The largest absolute Gasteiger partial charge is 0.496 e. The Morgan fingerprint density at radius 1 is 1.20 bits per heavy atom. The lowest BCUT2D eigenvalue weighted by Gasteiger charge is -2.40. The maximum absolute atomic E-state index is 13.7. The van der Waals surface area contributed by atoms with Gasteiger partial charge in [0.15, 0.2) is 0 Å². The molecule has 1 amide bonds. The van der Waals surface area contributed by atoms with E-state index in [0.29, 0.717) is 23.6 Å². The molecule has 1 aromatic heterocycles. The molecule has 1 aromatic carbocycles. The van der Waals surface area contributed by atoms with Crippen LogP contribution in [0, 0.1) is 13.8 Å². The van der Waals surface area contributed by atoms with Gasteiger partial charge in [-0.2, -0.15) is 0 Å². The van der Waals surface area contributed by atoms with E-state index in [1.807, 2.05) is 24.8 Å². The minimum atomic E-state index is -0.0630. The van der Waals surface area contributed by atoms with Crippen molar-refractivity contribution in [3.8, 4) is 11.5 Å². The highest BCUT2D eigenvalue weighted by atomic mass is 16.5. The number of aromatic nitrogens is 1. The smallest absolute Gasteiger partial charge is 0.261 e. The van der Waals surface area contributed by atoms with Crippen molar-refractivity contribution in [2.24, 2.45) is 0 Å². The molecule has 3 heterocycles. The lowest BCUT2D eigenvalue weighted by atomic mass is 9.85. The number of hydrazine groups is 1. The second-order valence-corrected chi connectivity index (χ2v) is 8.01. The molecule has 162 valence electrons. The van der Waals surface area contributed by atoms with Gasteiger partial charge in [-0.05, 0) is 45.2 Å². The molecule has 2 aromatic rings. The highest BCUT2D eigenvalue weighted by Gasteiger charge is 2.43. The fourth-order valence-corrected chi connectivity index (χ4v) is 4.70. The van der Waals surface area contributed by atoms with Crippen molar-refractivity contribution >= 4 is 5.91 Å². The minimum absolute atomic E-state index is 0.0191. The average Bonchev–Trinajstić information content (AvgIpc) is 3.39. The first kappa shape index (κ1) is 20.7. The number of amides is 1. The van der Waals surface area contributed by atoms with Crippen molar-refractivity contribution < 1.29 is 18.8 Å². The summed E-state index contributed by atoms with van der Waals surface area (Å²) in [6.07, 6.45) is 2.98. The number of carbonyl (C=O) groups is 1. The topological polar surface area (TPSA) is 88.9 Å². The first-order valence-corrected chi connectivity index (χ1v) is 10.5. The van der Waals surface area contributed by atoms with Gasteiger partial charge in [0.2, 0.25) is 0 Å². The number of hydrogen-bond donors (Lipinski definition) is 2. The van der Waals surface area contributed by atoms with Crippen molar-refractivity contribution in [1.29, 1.82) is 0 Å². The third kappa shape index (κ3) is 3.54. The normalized spacial score (nSPS) is 24.1. The van der Waals surface area contributed by atoms with Crippen LogP contribution < -0.4 is 20.3 Å². The molecule has 0 saturated carbocycles. The molecule has 4 rings (SSSR count). The molecular formula is C22H30N4O4. The van der Waals surface area contributed by atoms with E-state index in [9.17, 15) is 4.79 Å². The Hall–Kier alpha value is -2.58. The first-order valence-electron chi connectivity index (χ1n) is 10.5. The Bertz CT molecular complexity index is 890. The van der Waals surface area contributed by atoms with Gasteiger partial charge in [0.1, 0.15) is 22.8 Å². The second kappa shape index (κ2) is 8.65. The van der Waals surface area contributed by atoms with E-state index in [4.69, 9.17) is 14.0 Å². The highest BCUT2D eigenvalue weighted by molar-refractivity contribution is 6.00. The van der Waals surface area contributed by atoms with Crippen LogP contribution in [0.4, 0.5) is 0 Å². The van der Waals surface area contributed by atoms with Gasteiger partial charge in [-0.15, -0.1) is 0 Å². The van der Waals surface area contributed by atoms with Crippen LogP contribution in [0.15, 0.2) is 22.7 Å². The quantitative estimate of drug-likeness (QED) is 0.777. The van der Waals surface area contributed by atoms with E-state index in [1.165, 1.54) is 0 Å². The molecule has 0 bridgehead atoms. The molecule has 30 heavy (non-hydrogen) atoms. The van der Waals surface area contributed by atoms with Crippen LogP contribution in [0.1, 0.15) is 52.6 Å². The van der Waals surface area contributed by atoms with E-state index in [2.05, 4.69) is 16.0 Å². The first-order chi connectivity index (χ1) is 14.6. The average molecular weight is 415 g/mol. The van der Waals surface area contributed by atoms with Gasteiger partial charge in [0.05, 0.1) is 31.9 Å². The van der Waals surface area contributed by atoms with Gasteiger partial charge in [-0.3, -0.25) is 15.6 Å². The summed E-state index contributed by atoms with van der Waals surface area (Å²) in [6.45, 7) is 5.43. The van der Waals surface area contributed by atoms with Crippen LogP contribution in [0.2, 0.25) is 0 Å². The molecule has 8 heteroatoms. The van der Waals surface area contributed by atoms with Gasteiger partial charge in [-0.1, -0.05) is 11.2 Å². The summed E-state index contributed by atoms with van der Waals surface area (Å²) in [7, 11) is 3.15. The Labute approximate surface area is 176 Å². The van der Waals surface area contributed by atoms with Crippen molar-refractivity contribution in [3.63, 3.8) is 0 Å². The predicted molar refractivity (Wildman–Crippen MR) is 112 cm³/mol. The van der Waals surface area contributed by atoms with Crippen LogP contribution in [0.5, 0.6) is 11.5 Å². The summed E-state index contributed by atoms with van der Waals surface area (Å²) in [5.74, 6) is 1.98. The molecule has 0 aliphatic carbocycles. The van der Waals surface area contributed by atoms with Crippen molar-refractivity contribution in [3.05, 3.63) is 40.8 Å². The monoisotopic (exact) mass is 414 g/mol. The van der Waals surface area contributed by atoms with Crippen LogP contribution in [0.3, 0.4) is 0 Å². The summed E-state index contributed by atoms with van der Waals surface area (Å²) in [5, 5.41) is 4.14. The van der Waals surface area contributed by atoms with Crippen molar-refractivity contribution in [2.75, 3.05) is 27.3 Å². The number of aryl methyl sites for hydroxylation is 1. The van der Waals surface area contributed by atoms with Crippen LogP contribution >= 0.6 is 0 Å². The fourth-order valence-electron chi connectivity index (χ4n) is 4.70. The number of hydrogen-bond acceptors (Lipinski definition) is 7. The molecule has 2 fully saturated rings. The number of likely N-dealkylation sites (tertiary alicyclic amines) is 1. The Kier molecular flexibility index (Phi) is 5.97. The van der Waals surface area contributed by atoms with E-state index < -0.39 is 0 Å². The van der Waals surface area contributed by atoms with Gasteiger partial charge in [0.25, 0.3) is 5.91 Å². The lowest BCUT2D eigenvalue weighted by molar-refractivity contribution is 0.0538. The Balaban J connectivity index is 1.67. The number of methoxy groups -OCH3 is 2. The zero-order chi connectivity index (χ0) is 21.3. The number of nitrogens with one attached hydrogen (secondary N) is 2. The summed E-state index contributed by atoms with van der Waals surface area (Å²) in [5.41, 5.74) is 9.15. The standard InChI is InChI=1S/C22H30N4O4/c1-13-14(2)25-30-21(13)15-12-23-24-20(15)16-8-5-6-11-26(16)22(27)19-17(28-3)9-7-10-18(19)29-4/h7,9-10,15-16,20,23-24H,5-6,8,11-12H2,1-4H3. The molecule has 0 spiro atoms. The molecule has 2 N–H and O–H groups in total. The molecular weight excluding hydrogens is 384 g/mol. The van der Waals surface area contributed by atoms with Crippen LogP contribution in [0.25, 0.3) is 0 Å². The van der Waals surface area contributed by atoms with Gasteiger partial charge in [-0.25, -0.2) is 0 Å². The Morgan fingerprint density at radius 3 is 2.57 bits per heavy atom. The molecule has 8 nitrogen and oxygen atoms in total. The number of benzene rings is 1. The van der Waals surface area contributed by atoms with Crippen LogP contribution in [-0.2, 0) is 0 Å². The van der Waals surface area contributed by atoms with E-state index in [-0.39, 0.29) is 23.9 Å². The van der Waals surface area contributed by atoms with E-state index in [0.717, 1.165) is 42.8 Å². The molecule has 3 atom stereocenters. The van der Waals surface area contributed by atoms with Gasteiger partial charge < -0.3 is 18.9 Å². The number of rotatable bonds is 5. The minimum Gasteiger partial charge on any atom is -0.496 e. The van der Waals surface area contributed by atoms with Gasteiger partial charge in [0, 0.05) is 24.7 Å². The number of ether oxygens (including phenoxy) is 2. The maximum atomic E-state index is 13.7. The van der Waals surface area contributed by atoms with E-state index >= 15 is 0 Å². The SMILES string of the molecule is COc1cccc(OC)c1C(=O)N1CCCCC1C1NNCC1c1onc(C)c1C. The van der Waals surface area contributed by atoms with Crippen molar-refractivity contribution in [1.82, 2.24) is 20.9 Å². The summed E-state index contributed by atoms with van der Waals surface area (Å²) in [4.78, 5) is 15.7. The molecule has 0 radical (unpaired) electrons. The van der Waals surface area contributed by atoms with Crippen LogP contribution in [-0.4, -0.2) is 55.4 Å². The second-order valence-electron chi connectivity index (χ2n) is 8.01. The third-order valence-electron chi connectivity index (χ3n) is 6.42. The highest BCUT2D eigenvalue weighted by Crippen LogP contribution is 2.36. The molecule has 2 saturated heterocycles. The zero-order valence-corrected chi connectivity index (χ0v) is 18.0. The maximum Gasteiger partial charge on any atom is 0.261 e. The van der Waals surface area contributed by atoms with Crippen molar-refractivity contribution in [2.45, 2.75) is 51.1 Å². The summed E-state index contributed by atoms with van der Waals surface area (Å²) >= 11 is 0. The number of nitrogens with zero attached hydrogens (tertiary/aromatic N) is 2. The fraction of sp³-hybridized carbons (Fsp3) is 0.545. The number of carbonyl (C=O) groups excluding carboxylic acids is 1. The Morgan fingerprint density at radius 2 is 1.93 bits per heavy atom. The lowest BCUT2D eigenvalue weighted by Crippen LogP contribution is -2.55. The molecule has 2 aliphatic rings. The summed E-state index contributed by atoms with van der Waals surface area (Å²) < 4.78 is 16.7.